The van der Waals surface area contributed by atoms with Crippen molar-refractivity contribution in [2.45, 2.75) is 6.42 Å². The van der Waals surface area contributed by atoms with Gasteiger partial charge in [-0.25, -0.2) is 0 Å². The highest BCUT2D eigenvalue weighted by atomic mass is 79.9. The zero-order valence-electron chi connectivity index (χ0n) is 9.67. The van der Waals surface area contributed by atoms with Gasteiger partial charge < -0.3 is 4.74 Å². The largest absolute Gasteiger partial charge is 0.493 e. The summed E-state index contributed by atoms with van der Waals surface area (Å²) in [6, 6.07) is 11.0. The third kappa shape index (κ3) is 3.67. The normalized spacial score (nSPS) is 10.1. The molecule has 1 aromatic carbocycles. The SMILES string of the molecule is O=C(CCOc1ccc(Br)cc1)c1cccnc1. The van der Waals surface area contributed by atoms with Crippen LogP contribution in [0.2, 0.25) is 0 Å². The highest BCUT2D eigenvalue weighted by Crippen LogP contribution is 2.16. The first kappa shape index (κ1) is 12.8. The van der Waals surface area contributed by atoms with Crippen molar-refractivity contribution < 1.29 is 9.53 Å². The molecule has 3 nitrogen and oxygen atoms in total. The van der Waals surface area contributed by atoms with Crippen LogP contribution in [0.3, 0.4) is 0 Å². The minimum Gasteiger partial charge on any atom is -0.493 e. The fourth-order valence-electron chi connectivity index (χ4n) is 1.46. The molecule has 2 rings (SSSR count). The standard InChI is InChI=1S/C14H12BrNO2/c15-12-3-5-13(6-4-12)18-9-7-14(17)11-2-1-8-16-10-11/h1-6,8,10H,7,9H2. The maximum Gasteiger partial charge on any atom is 0.167 e. The molecule has 0 aliphatic heterocycles. The van der Waals surface area contributed by atoms with Gasteiger partial charge in [0.1, 0.15) is 5.75 Å². The van der Waals surface area contributed by atoms with Crippen LogP contribution in [-0.2, 0) is 0 Å². The van der Waals surface area contributed by atoms with E-state index in [1.54, 1.807) is 24.5 Å². The molecule has 0 fully saturated rings. The van der Waals surface area contributed by atoms with E-state index in [1.165, 1.54) is 0 Å². The number of aromatic nitrogens is 1. The van der Waals surface area contributed by atoms with E-state index < -0.39 is 0 Å². The van der Waals surface area contributed by atoms with E-state index in [-0.39, 0.29) is 5.78 Å². The molecule has 0 bridgehead atoms. The summed E-state index contributed by atoms with van der Waals surface area (Å²) in [4.78, 5) is 15.7. The summed E-state index contributed by atoms with van der Waals surface area (Å²) in [5, 5.41) is 0. The molecule has 18 heavy (non-hydrogen) atoms. The number of ether oxygens (including phenoxy) is 1. The second kappa shape index (κ2) is 6.31. The lowest BCUT2D eigenvalue weighted by Crippen LogP contribution is -2.06. The molecule has 0 amide bonds. The number of halogens is 1. The summed E-state index contributed by atoms with van der Waals surface area (Å²) in [6.45, 7) is 0.370. The van der Waals surface area contributed by atoms with E-state index in [2.05, 4.69) is 20.9 Å². The summed E-state index contributed by atoms with van der Waals surface area (Å²) in [7, 11) is 0. The number of Topliss-reactive ketones (excluding diaryl/α,β-unsaturated/α-hetero) is 1. The molecule has 0 saturated carbocycles. The maximum atomic E-state index is 11.8. The van der Waals surface area contributed by atoms with Crippen LogP contribution in [0.15, 0.2) is 53.3 Å². The van der Waals surface area contributed by atoms with E-state index in [4.69, 9.17) is 4.74 Å². The third-order valence-electron chi connectivity index (χ3n) is 2.40. The number of carbonyl (C=O) groups excluding carboxylic acids is 1. The minimum absolute atomic E-state index is 0.0419. The Balaban J connectivity index is 1.82. The topological polar surface area (TPSA) is 39.2 Å². The van der Waals surface area contributed by atoms with Crippen LogP contribution in [0.4, 0.5) is 0 Å². The average molecular weight is 306 g/mol. The van der Waals surface area contributed by atoms with Gasteiger partial charge in [-0.15, -0.1) is 0 Å². The van der Waals surface area contributed by atoms with E-state index in [0.717, 1.165) is 10.2 Å². The summed E-state index contributed by atoms with van der Waals surface area (Å²) < 4.78 is 6.49. The molecule has 0 saturated heterocycles. The van der Waals surface area contributed by atoms with Gasteiger partial charge in [0.2, 0.25) is 0 Å². The van der Waals surface area contributed by atoms with Gasteiger partial charge in [0.25, 0.3) is 0 Å². The number of rotatable bonds is 5. The minimum atomic E-state index is 0.0419. The van der Waals surface area contributed by atoms with Gasteiger partial charge in [0.15, 0.2) is 5.78 Å². The van der Waals surface area contributed by atoms with Gasteiger partial charge in [-0.2, -0.15) is 0 Å². The molecule has 92 valence electrons. The predicted molar refractivity (Wildman–Crippen MR) is 72.8 cm³/mol. The smallest absolute Gasteiger partial charge is 0.167 e. The molecule has 4 heteroatoms. The number of hydrogen-bond donors (Lipinski definition) is 0. The molecule has 1 heterocycles. The molecule has 0 radical (unpaired) electrons. The molecule has 0 spiro atoms. The van der Waals surface area contributed by atoms with Crippen molar-refractivity contribution in [2.75, 3.05) is 6.61 Å². The van der Waals surface area contributed by atoms with Crippen LogP contribution in [0.1, 0.15) is 16.8 Å². The Morgan fingerprint density at radius 3 is 2.67 bits per heavy atom. The number of carbonyl (C=O) groups is 1. The molecule has 0 aliphatic carbocycles. The molecule has 0 N–H and O–H groups in total. The van der Waals surface area contributed by atoms with Crippen molar-refractivity contribution in [3.05, 3.63) is 58.8 Å². The lowest BCUT2D eigenvalue weighted by molar-refractivity contribution is 0.0962. The van der Waals surface area contributed by atoms with Crippen molar-refractivity contribution in [1.29, 1.82) is 0 Å². The van der Waals surface area contributed by atoms with Crippen LogP contribution in [-0.4, -0.2) is 17.4 Å². The van der Waals surface area contributed by atoms with Crippen LogP contribution in [0, 0.1) is 0 Å². The van der Waals surface area contributed by atoms with Crippen LogP contribution < -0.4 is 4.74 Å². The fourth-order valence-corrected chi connectivity index (χ4v) is 1.73. The first-order valence-electron chi connectivity index (χ1n) is 5.57. The van der Waals surface area contributed by atoms with Gasteiger partial charge in [0, 0.05) is 28.9 Å². The second-order valence-electron chi connectivity index (χ2n) is 3.72. The Morgan fingerprint density at radius 1 is 1.22 bits per heavy atom. The second-order valence-corrected chi connectivity index (χ2v) is 4.63. The van der Waals surface area contributed by atoms with Crippen LogP contribution in [0.5, 0.6) is 5.75 Å². The van der Waals surface area contributed by atoms with Crippen LogP contribution >= 0.6 is 15.9 Å². The zero-order valence-corrected chi connectivity index (χ0v) is 11.3. The Kier molecular flexibility index (Phi) is 4.47. The van der Waals surface area contributed by atoms with Crippen molar-refractivity contribution in [1.82, 2.24) is 4.98 Å². The summed E-state index contributed by atoms with van der Waals surface area (Å²) in [5.41, 5.74) is 0.622. The van der Waals surface area contributed by atoms with E-state index in [0.29, 0.717) is 18.6 Å². The monoisotopic (exact) mass is 305 g/mol. The molecular formula is C14H12BrNO2. The predicted octanol–water partition coefficient (Wildman–Crippen LogP) is 3.50. The van der Waals surface area contributed by atoms with Gasteiger partial charge in [0.05, 0.1) is 6.61 Å². The van der Waals surface area contributed by atoms with Crippen molar-refractivity contribution >= 4 is 21.7 Å². The molecule has 2 aromatic rings. The molecule has 0 aliphatic rings. The maximum absolute atomic E-state index is 11.8. The van der Waals surface area contributed by atoms with Crippen molar-refractivity contribution in [3.8, 4) is 5.75 Å². The number of pyridine rings is 1. The third-order valence-corrected chi connectivity index (χ3v) is 2.92. The summed E-state index contributed by atoms with van der Waals surface area (Å²) in [5.74, 6) is 0.803. The summed E-state index contributed by atoms with van der Waals surface area (Å²) in [6.07, 6.45) is 3.57. The average Bonchev–Trinajstić information content (AvgIpc) is 2.42. The fraction of sp³-hybridized carbons (Fsp3) is 0.143. The van der Waals surface area contributed by atoms with Gasteiger partial charge in [-0.1, -0.05) is 15.9 Å². The van der Waals surface area contributed by atoms with Crippen LogP contribution in [0.25, 0.3) is 0 Å². The molecule has 1 aromatic heterocycles. The number of ketones is 1. The molecule has 0 atom stereocenters. The quantitative estimate of drug-likeness (QED) is 0.794. The highest BCUT2D eigenvalue weighted by molar-refractivity contribution is 9.10. The Morgan fingerprint density at radius 2 is 2.00 bits per heavy atom. The molecular weight excluding hydrogens is 294 g/mol. The number of hydrogen-bond acceptors (Lipinski definition) is 3. The van der Waals surface area contributed by atoms with Crippen molar-refractivity contribution in [2.24, 2.45) is 0 Å². The van der Waals surface area contributed by atoms with Gasteiger partial charge >= 0.3 is 0 Å². The van der Waals surface area contributed by atoms with E-state index in [9.17, 15) is 4.79 Å². The Bertz CT molecular complexity index is 511. The number of benzene rings is 1. The Hall–Kier alpha value is -1.68. The zero-order chi connectivity index (χ0) is 12.8. The summed E-state index contributed by atoms with van der Waals surface area (Å²) >= 11 is 3.35. The van der Waals surface area contributed by atoms with E-state index >= 15 is 0 Å². The lowest BCUT2D eigenvalue weighted by atomic mass is 10.1. The Labute approximate surface area is 114 Å². The number of nitrogens with zero attached hydrogens (tertiary/aromatic N) is 1. The lowest BCUT2D eigenvalue weighted by Gasteiger charge is -2.05. The van der Waals surface area contributed by atoms with Gasteiger partial charge in [-0.3, -0.25) is 9.78 Å². The molecule has 0 unspecified atom stereocenters. The van der Waals surface area contributed by atoms with Gasteiger partial charge in [-0.05, 0) is 36.4 Å². The van der Waals surface area contributed by atoms with E-state index in [1.807, 2.05) is 24.3 Å². The first-order valence-corrected chi connectivity index (χ1v) is 6.36. The first-order chi connectivity index (χ1) is 8.75. The van der Waals surface area contributed by atoms with Crippen molar-refractivity contribution in [3.63, 3.8) is 0 Å². The highest BCUT2D eigenvalue weighted by Gasteiger charge is 2.05.